The second-order valence-corrected chi connectivity index (χ2v) is 7.58. The van der Waals surface area contributed by atoms with Gasteiger partial charge in [0.15, 0.2) is 5.96 Å². The van der Waals surface area contributed by atoms with Crippen LogP contribution in [-0.4, -0.2) is 55.5 Å². The van der Waals surface area contributed by atoms with Gasteiger partial charge >= 0.3 is 0 Å². The molecule has 1 aliphatic heterocycles. The zero-order valence-corrected chi connectivity index (χ0v) is 20.3. The molecular weight excluding hydrogens is 508 g/mol. The number of hydrogen-bond acceptors (Lipinski definition) is 3. The second-order valence-electron chi connectivity index (χ2n) is 7.58. The molecule has 0 aromatic heterocycles. The largest absolute Gasteiger partial charge is 0.355 e. The van der Waals surface area contributed by atoms with Gasteiger partial charge in [-0.25, -0.2) is 4.39 Å². The number of halogens is 2. The van der Waals surface area contributed by atoms with E-state index in [9.17, 15) is 9.18 Å². The van der Waals surface area contributed by atoms with E-state index >= 15 is 0 Å². The molecule has 0 aliphatic carbocycles. The lowest BCUT2D eigenvalue weighted by Crippen LogP contribution is -2.46. The molecule has 1 saturated heterocycles. The maximum absolute atomic E-state index is 13.7. The average molecular weight is 539 g/mol. The molecule has 2 atom stereocenters. The van der Waals surface area contributed by atoms with Crippen LogP contribution in [-0.2, 0) is 6.54 Å². The van der Waals surface area contributed by atoms with E-state index in [1.54, 1.807) is 19.2 Å². The number of amides is 1. The van der Waals surface area contributed by atoms with E-state index in [4.69, 9.17) is 0 Å². The number of nitrogens with one attached hydrogen (secondary N) is 3. The van der Waals surface area contributed by atoms with Crippen LogP contribution in [0.1, 0.15) is 29.3 Å². The Hall–Kier alpha value is -2.20. The lowest BCUT2D eigenvalue weighted by molar-refractivity contribution is 0.0950. The van der Waals surface area contributed by atoms with Crippen molar-refractivity contribution in [3.63, 3.8) is 0 Å². The van der Waals surface area contributed by atoms with Gasteiger partial charge in [-0.05, 0) is 31.0 Å². The number of carbonyl (C=O) groups is 1. The van der Waals surface area contributed by atoms with Crippen LogP contribution < -0.4 is 16.0 Å². The van der Waals surface area contributed by atoms with Crippen molar-refractivity contribution in [3.05, 3.63) is 71.5 Å². The number of hydrogen-bond donors (Lipinski definition) is 3. The molecule has 0 bridgehead atoms. The van der Waals surface area contributed by atoms with Crippen molar-refractivity contribution in [2.24, 2.45) is 4.99 Å². The van der Waals surface area contributed by atoms with E-state index in [-0.39, 0.29) is 29.5 Å². The standard InChI is InChI=1S/C23H30FN5O.HI/c1-17-14-19(16-29(17)15-18-8-4-3-5-9-18)28-23(25-2)27-13-12-26-22(30)20-10-6-7-11-21(20)24;/h3-11,17,19H,12-16H2,1-2H3,(H,26,30)(H2,25,27,28);1H. The number of nitrogens with zero attached hydrogens (tertiary/aromatic N) is 2. The van der Waals surface area contributed by atoms with Crippen LogP contribution in [0.4, 0.5) is 4.39 Å². The number of guanidine groups is 1. The van der Waals surface area contributed by atoms with Crippen LogP contribution in [0.15, 0.2) is 59.6 Å². The Morgan fingerprint density at radius 3 is 2.48 bits per heavy atom. The molecule has 3 N–H and O–H groups in total. The van der Waals surface area contributed by atoms with Gasteiger partial charge in [0.2, 0.25) is 0 Å². The van der Waals surface area contributed by atoms with E-state index in [2.05, 4.69) is 57.0 Å². The summed E-state index contributed by atoms with van der Waals surface area (Å²) in [6.07, 6.45) is 1.04. The number of benzene rings is 2. The van der Waals surface area contributed by atoms with Crippen molar-refractivity contribution in [1.82, 2.24) is 20.9 Å². The molecule has 6 nitrogen and oxygen atoms in total. The van der Waals surface area contributed by atoms with Crippen LogP contribution in [0.25, 0.3) is 0 Å². The highest BCUT2D eigenvalue weighted by atomic mass is 127. The lowest BCUT2D eigenvalue weighted by atomic mass is 10.2. The molecule has 2 aromatic carbocycles. The number of aliphatic imine (C=N–C) groups is 1. The van der Waals surface area contributed by atoms with Gasteiger partial charge in [-0.1, -0.05) is 42.5 Å². The van der Waals surface area contributed by atoms with Crippen molar-refractivity contribution in [1.29, 1.82) is 0 Å². The highest BCUT2D eigenvalue weighted by Gasteiger charge is 2.29. The van der Waals surface area contributed by atoms with E-state index in [0.29, 0.717) is 31.1 Å². The first-order valence-electron chi connectivity index (χ1n) is 10.3. The van der Waals surface area contributed by atoms with Crippen LogP contribution in [0.5, 0.6) is 0 Å². The summed E-state index contributed by atoms with van der Waals surface area (Å²) in [4.78, 5) is 18.8. The Morgan fingerprint density at radius 2 is 1.77 bits per heavy atom. The molecule has 1 amide bonds. The first-order chi connectivity index (χ1) is 14.6. The fourth-order valence-electron chi connectivity index (χ4n) is 3.73. The average Bonchev–Trinajstić information content (AvgIpc) is 3.09. The fourth-order valence-corrected chi connectivity index (χ4v) is 3.73. The summed E-state index contributed by atoms with van der Waals surface area (Å²) >= 11 is 0. The maximum atomic E-state index is 13.7. The van der Waals surface area contributed by atoms with Crippen LogP contribution in [0.2, 0.25) is 0 Å². The van der Waals surface area contributed by atoms with Crippen molar-refractivity contribution < 1.29 is 9.18 Å². The molecule has 2 unspecified atom stereocenters. The Morgan fingerprint density at radius 1 is 1.10 bits per heavy atom. The van der Waals surface area contributed by atoms with Gasteiger partial charge in [-0.15, -0.1) is 24.0 Å². The minimum Gasteiger partial charge on any atom is -0.355 e. The maximum Gasteiger partial charge on any atom is 0.254 e. The van der Waals surface area contributed by atoms with Gasteiger partial charge in [0.05, 0.1) is 5.56 Å². The van der Waals surface area contributed by atoms with Crippen LogP contribution >= 0.6 is 24.0 Å². The van der Waals surface area contributed by atoms with Crippen molar-refractivity contribution in [2.75, 3.05) is 26.7 Å². The predicted molar refractivity (Wildman–Crippen MR) is 133 cm³/mol. The summed E-state index contributed by atoms with van der Waals surface area (Å²) in [5.41, 5.74) is 1.37. The quantitative estimate of drug-likeness (QED) is 0.219. The van der Waals surface area contributed by atoms with Gasteiger partial charge in [0.25, 0.3) is 5.91 Å². The summed E-state index contributed by atoms with van der Waals surface area (Å²) in [6.45, 7) is 5.00. The zero-order chi connectivity index (χ0) is 21.3. The molecule has 0 spiro atoms. The highest BCUT2D eigenvalue weighted by Crippen LogP contribution is 2.20. The molecule has 0 radical (unpaired) electrons. The smallest absolute Gasteiger partial charge is 0.254 e. The normalized spacial score (nSPS) is 18.9. The molecule has 1 fully saturated rings. The van der Waals surface area contributed by atoms with E-state index in [1.807, 2.05) is 6.07 Å². The number of carbonyl (C=O) groups excluding carboxylic acids is 1. The molecule has 2 aromatic rings. The summed E-state index contributed by atoms with van der Waals surface area (Å²) in [5.74, 6) is -0.233. The summed E-state index contributed by atoms with van der Waals surface area (Å²) < 4.78 is 13.7. The first kappa shape index (κ1) is 25.1. The zero-order valence-electron chi connectivity index (χ0n) is 18.0. The first-order valence-corrected chi connectivity index (χ1v) is 10.3. The van der Waals surface area contributed by atoms with Crippen LogP contribution in [0, 0.1) is 5.82 Å². The van der Waals surface area contributed by atoms with Gasteiger partial charge in [-0.2, -0.15) is 0 Å². The molecule has 168 valence electrons. The fraction of sp³-hybridized carbons (Fsp3) is 0.391. The third-order valence-electron chi connectivity index (χ3n) is 5.32. The Kier molecular flexibility index (Phi) is 10.2. The van der Waals surface area contributed by atoms with Gasteiger partial charge in [0, 0.05) is 45.3 Å². The second kappa shape index (κ2) is 12.6. The highest BCUT2D eigenvalue weighted by molar-refractivity contribution is 14.0. The Labute approximate surface area is 200 Å². The predicted octanol–water partition coefficient (Wildman–Crippen LogP) is 3.00. The topological polar surface area (TPSA) is 68.8 Å². The summed E-state index contributed by atoms with van der Waals surface area (Å²) in [7, 11) is 1.73. The monoisotopic (exact) mass is 539 g/mol. The molecular formula is C23H31FIN5O. The SMILES string of the molecule is CN=C(NCCNC(=O)c1ccccc1F)NC1CC(C)N(Cc2ccccc2)C1.I. The third kappa shape index (κ3) is 7.46. The van der Waals surface area contributed by atoms with Crippen LogP contribution in [0.3, 0.4) is 0 Å². The molecule has 31 heavy (non-hydrogen) atoms. The van der Waals surface area contributed by atoms with E-state index < -0.39 is 11.7 Å². The summed E-state index contributed by atoms with van der Waals surface area (Å²) in [6, 6.07) is 17.3. The van der Waals surface area contributed by atoms with E-state index in [1.165, 1.54) is 17.7 Å². The molecule has 3 rings (SSSR count). The molecule has 1 aliphatic rings. The van der Waals surface area contributed by atoms with Crippen molar-refractivity contribution >= 4 is 35.8 Å². The number of rotatable bonds is 7. The van der Waals surface area contributed by atoms with Gasteiger partial charge in [0.1, 0.15) is 5.82 Å². The Balaban J connectivity index is 0.00000341. The van der Waals surface area contributed by atoms with Crippen molar-refractivity contribution in [3.8, 4) is 0 Å². The molecule has 1 heterocycles. The molecule has 8 heteroatoms. The molecule has 0 saturated carbocycles. The Bertz CT molecular complexity index is 864. The van der Waals surface area contributed by atoms with Crippen molar-refractivity contribution in [2.45, 2.75) is 32.0 Å². The number of likely N-dealkylation sites (tertiary alicyclic amines) is 1. The lowest BCUT2D eigenvalue weighted by Gasteiger charge is -2.21. The van der Waals surface area contributed by atoms with Gasteiger partial charge in [-0.3, -0.25) is 14.7 Å². The summed E-state index contributed by atoms with van der Waals surface area (Å²) in [5, 5.41) is 9.40. The van der Waals surface area contributed by atoms with E-state index in [0.717, 1.165) is 19.5 Å². The third-order valence-corrected chi connectivity index (χ3v) is 5.32. The minimum atomic E-state index is -0.518. The minimum absolute atomic E-state index is 0. The van der Waals surface area contributed by atoms with Gasteiger partial charge < -0.3 is 16.0 Å².